The molecule has 0 rings (SSSR count). The molecule has 6 heteroatoms. The van der Waals surface area contributed by atoms with Crippen molar-refractivity contribution in [3.8, 4) is 0 Å². The van der Waals surface area contributed by atoms with E-state index < -0.39 is 0 Å². The average Bonchev–Trinajstić information content (AvgIpc) is 2.42. The van der Waals surface area contributed by atoms with Crippen LogP contribution in [0, 0.1) is 0 Å². The Labute approximate surface area is 122 Å². The van der Waals surface area contributed by atoms with Crippen molar-refractivity contribution in [1.82, 2.24) is 4.90 Å². The Morgan fingerprint density at radius 3 is 1.70 bits per heavy atom. The van der Waals surface area contributed by atoms with Gasteiger partial charge in [-0.1, -0.05) is 0 Å². The smallest absolute Gasteiger partial charge is 0.222 e. The van der Waals surface area contributed by atoms with Crippen LogP contribution in [0.4, 0.5) is 0 Å². The summed E-state index contributed by atoms with van der Waals surface area (Å²) >= 11 is 0. The fourth-order valence-electron chi connectivity index (χ4n) is 1.99. The Morgan fingerprint density at radius 1 is 0.750 bits per heavy atom. The summed E-state index contributed by atoms with van der Waals surface area (Å²) in [4.78, 5) is 24.7. The molecular formula is C14H30N4O2. The number of primary amides is 1. The maximum Gasteiger partial charge on any atom is 0.222 e. The molecule has 0 aliphatic carbocycles. The van der Waals surface area contributed by atoms with Crippen LogP contribution in [0.1, 0.15) is 51.4 Å². The van der Waals surface area contributed by atoms with Gasteiger partial charge in [0, 0.05) is 25.9 Å². The van der Waals surface area contributed by atoms with Gasteiger partial charge in [0.05, 0.1) is 0 Å². The van der Waals surface area contributed by atoms with Crippen LogP contribution in [0.25, 0.3) is 0 Å². The first-order valence-corrected chi connectivity index (χ1v) is 7.58. The Morgan fingerprint density at radius 2 is 1.25 bits per heavy atom. The summed E-state index contributed by atoms with van der Waals surface area (Å²) in [5.74, 6) is -0.149. The molecule has 0 aliphatic heterocycles. The lowest BCUT2D eigenvalue weighted by molar-refractivity contribution is -0.131. The van der Waals surface area contributed by atoms with Gasteiger partial charge in [-0.15, -0.1) is 0 Å². The molecule has 6 N–H and O–H groups in total. The van der Waals surface area contributed by atoms with Crippen LogP contribution in [0.15, 0.2) is 0 Å². The molecule has 0 saturated heterocycles. The van der Waals surface area contributed by atoms with Crippen LogP contribution in [0.3, 0.4) is 0 Å². The summed E-state index contributed by atoms with van der Waals surface area (Å²) in [7, 11) is 0. The summed E-state index contributed by atoms with van der Waals surface area (Å²) in [6, 6.07) is 0. The van der Waals surface area contributed by atoms with Crippen molar-refractivity contribution in [2.75, 3.05) is 26.2 Å². The molecule has 0 unspecified atom stereocenters. The van der Waals surface area contributed by atoms with Crippen LogP contribution in [-0.2, 0) is 9.59 Å². The van der Waals surface area contributed by atoms with Crippen LogP contribution in [0.2, 0.25) is 0 Å². The topological polar surface area (TPSA) is 115 Å². The van der Waals surface area contributed by atoms with E-state index in [1.807, 2.05) is 4.90 Å². The van der Waals surface area contributed by atoms with Gasteiger partial charge < -0.3 is 22.1 Å². The van der Waals surface area contributed by atoms with E-state index in [2.05, 4.69) is 0 Å². The molecule has 0 atom stereocenters. The first kappa shape index (κ1) is 18.9. The predicted molar refractivity (Wildman–Crippen MR) is 80.8 cm³/mol. The molecule has 0 aromatic rings. The third-order valence-electron chi connectivity index (χ3n) is 3.18. The summed E-state index contributed by atoms with van der Waals surface area (Å²) in [5.41, 5.74) is 16.0. The summed E-state index contributed by atoms with van der Waals surface area (Å²) in [6.07, 6.45) is 5.97. The molecular weight excluding hydrogens is 256 g/mol. The minimum atomic E-state index is -0.305. The zero-order valence-corrected chi connectivity index (χ0v) is 12.5. The van der Waals surface area contributed by atoms with Crippen molar-refractivity contribution in [1.29, 1.82) is 0 Å². The molecule has 0 saturated carbocycles. The molecule has 118 valence electrons. The lowest BCUT2D eigenvalue weighted by Gasteiger charge is -2.22. The molecule has 0 fully saturated rings. The highest BCUT2D eigenvalue weighted by Crippen LogP contribution is 2.06. The van der Waals surface area contributed by atoms with Crippen molar-refractivity contribution in [3.63, 3.8) is 0 Å². The molecule has 0 heterocycles. The first-order chi connectivity index (χ1) is 9.61. The number of carbonyl (C=O) groups is 2. The van der Waals surface area contributed by atoms with Crippen LogP contribution in [0.5, 0.6) is 0 Å². The lowest BCUT2D eigenvalue weighted by atomic mass is 10.1. The normalized spacial score (nSPS) is 10.5. The average molecular weight is 286 g/mol. The molecule has 0 aromatic carbocycles. The van der Waals surface area contributed by atoms with Crippen molar-refractivity contribution in [3.05, 3.63) is 0 Å². The predicted octanol–water partition coefficient (Wildman–Crippen LogP) is 0.339. The Balaban J connectivity index is 4.00. The molecule has 20 heavy (non-hydrogen) atoms. The number of carbonyl (C=O) groups excluding carboxylic acids is 2. The zero-order valence-electron chi connectivity index (χ0n) is 12.5. The highest BCUT2D eigenvalue weighted by atomic mass is 16.2. The standard InChI is InChI=1S/C14H30N4O2/c15-9-3-5-11-18(12-6-4-10-16)14(20)8-2-1-7-13(17)19/h1-12,15-16H2,(H2,17,19). The van der Waals surface area contributed by atoms with E-state index in [1.165, 1.54) is 0 Å². The first-order valence-electron chi connectivity index (χ1n) is 7.58. The van der Waals surface area contributed by atoms with Gasteiger partial charge in [-0.3, -0.25) is 9.59 Å². The van der Waals surface area contributed by atoms with E-state index >= 15 is 0 Å². The quantitative estimate of drug-likeness (QED) is 0.423. The maximum atomic E-state index is 12.1. The summed E-state index contributed by atoms with van der Waals surface area (Å²) in [6.45, 7) is 2.83. The number of hydrogen-bond donors (Lipinski definition) is 3. The molecule has 0 spiro atoms. The van der Waals surface area contributed by atoms with Gasteiger partial charge in [0.25, 0.3) is 0 Å². The Hall–Kier alpha value is -1.14. The number of amides is 2. The van der Waals surface area contributed by atoms with Crippen LogP contribution >= 0.6 is 0 Å². The summed E-state index contributed by atoms with van der Waals surface area (Å²) < 4.78 is 0. The molecule has 0 aliphatic rings. The van der Waals surface area contributed by atoms with E-state index in [4.69, 9.17) is 17.2 Å². The monoisotopic (exact) mass is 286 g/mol. The number of nitrogens with two attached hydrogens (primary N) is 3. The third-order valence-corrected chi connectivity index (χ3v) is 3.18. The van der Waals surface area contributed by atoms with Gasteiger partial charge in [-0.05, 0) is 51.6 Å². The Bertz CT molecular complexity index is 262. The molecule has 0 bridgehead atoms. The van der Waals surface area contributed by atoms with Crippen molar-refractivity contribution >= 4 is 11.8 Å². The minimum absolute atomic E-state index is 0.156. The molecule has 6 nitrogen and oxygen atoms in total. The van der Waals surface area contributed by atoms with E-state index in [9.17, 15) is 9.59 Å². The largest absolute Gasteiger partial charge is 0.370 e. The van der Waals surface area contributed by atoms with E-state index in [-0.39, 0.29) is 11.8 Å². The van der Waals surface area contributed by atoms with Crippen LogP contribution < -0.4 is 17.2 Å². The van der Waals surface area contributed by atoms with Crippen molar-refractivity contribution in [2.45, 2.75) is 51.4 Å². The minimum Gasteiger partial charge on any atom is -0.370 e. The van der Waals surface area contributed by atoms with E-state index in [0.29, 0.717) is 38.8 Å². The summed E-state index contributed by atoms with van der Waals surface area (Å²) in [5, 5.41) is 0. The fraction of sp³-hybridized carbons (Fsp3) is 0.857. The van der Waals surface area contributed by atoms with Crippen LogP contribution in [-0.4, -0.2) is 42.9 Å². The highest BCUT2D eigenvalue weighted by molar-refractivity contribution is 5.76. The zero-order chi connectivity index (χ0) is 15.2. The van der Waals surface area contributed by atoms with Gasteiger partial charge >= 0.3 is 0 Å². The molecule has 0 aromatic heterocycles. The van der Waals surface area contributed by atoms with Crippen molar-refractivity contribution in [2.24, 2.45) is 17.2 Å². The maximum absolute atomic E-state index is 12.1. The van der Waals surface area contributed by atoms with E-state index in [0.717, 1.165) is 38.8 Å². The lowest BCUT2D eigenvalue weighted by Crippen LogP contribution is -2.33. The number of unbranched alkanes of at least 4 members (excludes halogenated alkanes) is 3. The second kappa shape index (κ2) is 12.9. The SMILES string of the molecule is NCCCCN(CCCCN)C(=O)CCCCC(N)=O. The van der Waals surface area contributed by atoms with Gasteiger partial charge in [-0.25, -0.2) is 0 Å². The van der Waals surface area contributed by atoms with Gasteiger partial charge in [0.1, 0.15) is 0 Å². The third kappa shape index (κ3) is 10.8. The fourth-order valence-corrected chi connectivity index (χ4v) is 1.99. The second-order valence-corrected chi connectivity index (χ2v) is 5.05. The van der Waals surface area contributed by atoms with Crippen molar-refractivity contribution < 1.29 is 9.59 Å². The van der Waals surface area contributed by atoms with E-state index in [1.54, 1.807) is 0 Å². The van der Waals surface area contributed by atoms with Gasteiger partial charge in [0.2, 0.25) is 11.8 Å². The molecule has 2 amide bonds. The second-order valence-electron chi connectivity index (χ2n) is 5.05. The van der Waals surface area contributed by atoms with Gasteiger partial charge in [0.15, 0.2) is 0 Å². The number of rotatable bonds is 13. The number of nitrogens with zero attached hydrogens (tertiary/aromatic N) is 1. The molecule has 0 radical (unpaired) electrons. The number of hydrogen-bond acceptors (Lipinski definition) is 4. The highest BCUT2D eigenvalue weighted by Gasteiger charge is 2.12. The van der Waals surface area contributed by atoms with Gasteiger partial charge in [-0.2, -0.15) is 0 Å². The Kier molecular flexibility index (Phi) is 12.1.